The van der Waals surface area contributed by atoms with Crippen LogP contribution in [0.25, 0.3) is 0 Å². The molecule has 0 bridgehead atoms. The third kappa shape index (κ3) is 2.99. The highest BCUT2D eigenvalue weighted by Gasteiger charge is 2.32. The first-order chi connectivity index (χ1) is 10.6. The molecule has 0 saturated carbocycles. The molecule has 22 heavy (non-hydrogen) atoms. The van der Waals surface area contributed by atoms with E-state index in [0.29, 0.717) is 19.0 Å². The molecule has 2 aromatic heterocycles. The van der Waals surface area contributed by atoms with Crippen molar-refractivity contribution >= 4 is 10.0 Å². The van der Waals surface area contributed by atoms with Gasteiger partial charge in [-0.05, 0) is 25.1 Å². The first-order valence-electron chi connectivity index (χ1n) is 6.89. The molecule has 7 nitrogen and oxygen atoms in total. The van der Waals surface area contributed by atoms with Gasteiger partial charge >= 0.3 is 0 Å². The summed E-state index contributed by atoms with van der Waals surface area (Å²) in [5, 5.41) is 0. The summed E-state index contributed by atoms with van der Waals surface area (Å²) >= 11 is 0. The van der Waals surface area contributed by atoms with E-state index < -0.39 is 16.1 Å². The number of pyridine rings is 1. The van der Waals surface area contributed by atoms with Crippen LogP contribution in [-0.4, -0.2) is 47.4 Å². The van der Waals surface area contributed by atoms with Crippen molar-refractivity contribution in [1.82, 2.24) is 19.3 Å². The molecule has 1 atom stereocenters. The van der Waals surface area contributed by atoms with Crippen LogP contribution >= 0.6 is 0 Å². The second-order valence-electron chi connectivity index (χ2n) is 4.97. The summed E-state index contributed by atoms with van der Waals surface area (Å²) in [6.07, 6.45) is 4.08. The quantitative estimate of drug-likeness (QED) is 0.837. The summed E-state index contributed by atoms with van der Waals surface area (Å²) in [5.41, 5.74) is 0.820. The van der Waals surface area contributed by atoms with Gasteiger partial charge in [-0.2, -0.15) is 4.31 Å². The van der Waals surface area contributed by atoms with Crippen LogP contribution in [0.2, 0.25) is 0 Å². The van der Waals surface area contributed by atoms with Gasteiger partial charge in [0.2, 0.25) is 10.0 Å². The summed E-state index contributed by atoms with van der Waals surface area (Å²) in [4.78, 5) is 12.6. The van der Waals surface area contributed by atoms with E-state index in [2.05, 4.69) is 15.0 Å². The van der Waals surface area contributed by atoms with Gasteiger partial charge in [-0.3, -0.25) is 4.98 Å². The van der Waals surface area contributed by atoms with Crippen molar-refractivity contribution in [3.8, 4) is 0 Å². The lowest BCUT2D eigenvalue weighted by molar-refractivity contribution is -0.00762. The van der Waals surface area contributed by atoms with Crippen molar-refractivity contribution in [1.29, 1.82) is 0 Å². The first-order valence-corrected chi connectivity index (χ1v) is 8.33. The lowest BCUT2D eigenvalue weighted by Crippen LogP contribution is -2.42. The van der Waals surface area contributed by atoms with Crippen LogP contribution in [-0.2, 0) is 14.8 Å². The highest BCUT2D eigenvalue weighted by Crippen LogP contribution is 2.24. The van der Waals surface area contributed by atoms with E-state index >= 15 is 0 Å². The van der Waals surface area contributed by atoms with Crippen molar-refractivity contribution in [3.05, 3.63) is 48.3 Å². The molecule has 1 saturated heterocycles. The average molecular weight is 320 g/mol. The molecule has 3 heterocycles. The molecule has 1 aliphatic rings. The van der Waals surface area contributed by atoms with Crippen LogP contribution in [0, 0.1) is 6.92 Å². The van der Waals surface area contributed by atoms with E-state index in [-0.39, 0.29) is 11.4 Å². The van der Waals surface area contributed by atoms with Crippen LogP contribution in [0.5, 0.6) is 0 Å². The first kappa shape index (κ1) is 15.0. The number of hydrogen-bond donors (Lipinski definition) is 0. The molecule has 0 aromatic carbocycles. The summed E-state index contributed by atoms with van der Waals surface area (Å²) in [6.45, 7) is 2.67. The number of aromatic nitrogens is 3. The number of hydrogen-bond acceptors (Lipinski definition) is 6. The number of rotatable bonds is 3. The number of morpholine rings is 1. The molecule has 3 rings (SSSR count). The van der Waals surface area contributed by atoms with E-state index in [1.807, 2.05) is 6.92 Å². The number of sulfonamides is 1. The third-order valence-corrected chi connectivity index (χ3v) is 5.25. The SMILES string of the molecule is Cc1ccnc(C2CN(S(=O)(=O)c3cccnc3)CCO2)n1. The lowest BCUT2D eigenvalue weighted by atomic mass is 10.3. The molecule has 116 valence electrons. The maximum Gasteiger partial charge on any atom is 0.244 e. The Morgan fingerprint density at radius 2 is 2.18 bits per heavy atom. The molecule has 0 radical (unpaired) electrons. The monoisotopic (exact) mass is 320 g/mol. The molecular formula is C14H16N4O3S. The van der Waals surface area contributed by atoms with Crippen molar-refractivity contribution in [2.75, 3.05) is 19.7 Å². The van der Waals surface area contributed by atoms with Gasteiger partial charge in [-0.1, -0.05) is 0 Å². The zero-order valence-corrected chi connectivity index (χ0v) is 12.9. The van der Waals surface area contributed by atoms with Gasteiger partial charge in [0, 0.05) is 37.4 Å². The maximum atomic E-state index is 12.6. The van der Waals surface area contributed by atoms with Gasteiger partial charge in [-0.15, -0.1) is 0 Å². The lowest BCUT2D eigenvalue weighted by Gasteiger charge is -2.31. The summed E-state index contributed by atoms with van der Waals surface area (Å²) < 4.78 is 32.3. The Kier molecular flexibility index (Phi) is 4.14. The number of aryl methyl sites for hydroxylation is 1. The van der Waals surface area contributed by atoms with Gasteiger partial charge in [0.15, 0.2) is 5.82 Å². The predicted octanol–water partition coefficient (Wildman–Crippen LogP) is 0.942. The Hall–Kier alpha value is -1.90. The summed E-state index contributed by atoms with van der Waals surface area (Å²) in [7, 11) is -3.58. The van der Waals surface area contributed by atoms with E-state index in [9.17, 15) is 8.42 Å². The van der Waals surface area contributed by atoms with Gasteiger partial charge in [-0.25, -0.2) is 18.4 Å². The van der Waals surface area contributed by atoms with Crippen LogP contribution in [0.4, 0.5) is 0 Å². The highest BCUT2D eigenvalue weighted by atomic mass is 32.2. The zero-order chi connectivity index (χ0) is 15.6. The van der Waals surface area contributed by atoms with Crippen LogP contribution < -0.4 is 0 Å². The van der Waals surface area contributed by atoms with Crippen molar-refractivity contribution in [2.24, 2.45) is 0 Å². The molecule has 8 heteroatoms. The minimum atomic E-state index is -3.58. The largest absolute Gasteiger partial charge is 0.367 e. The van der Waals surface area contributed by atoms with Crippen molar-refractivity contribution in [2.45, 2.75) is 17.9 Å². The van der Waals surface area contributed by atoms with E-state index in [4.69, 9.17) is 4.74 Å². The zero-order valence-electron chi connectivity index (χ0n) is 12.1. The Balaban J connectivity index is 1.84. The van der Waals surface area contributed by atoms with Gasteiger partial charge in [0.1, 0.15) is 11.0 Å². The second kappa shape index (κ2) is 6.07. The van der Waals surface area contributed by atoms with Crippen molar-refractivity contribution in [3.63, 3.8) is 0 Å². The van der Waals surface area contributed by atoms with Crippen LogP contribution in [0.1, 0.15) is 17.6 Å². The predicted molar refractivity (Wildman–Crippen MR) is 78.5 cm³/mol. The van der Waals surface area contributed by atoms with Gasteiger partial charge in [0.05, 0.1) is 6.61 Å². The average Bonchev–Trinajstić information content (AvgIpc) is 2.56. The topological polar surface area (TPSA) is 85.3 Å². The third-order valence-electron chi connectivity index (χ3n) is 3.40. The molecule has 0 spiro atoms. The van der Waals surface area contributed by atoms with Crippen molar-refractivity contribution < 1.29 is 13.2 Å². The smallest absolute Gasteiger partial charge is 0.244 e. The normalized spacial score (nSPS) is 20.0. The Morgan fingerprint density at radius 3 is 2.91 bits per heavy atom. The molecule has 0 amide bonds. The Morgan fingerprint density at radius 1 is 1.32 bits per heavy atom. The Bertz CT molecular complexity index is 752. The fourth-order valence-corrected chi connectivity index (χ4v) is 3.66. The fourth-order valence-electron chi connectivity index (χ4n) is 2.27. The van der Waals surface area contributed by atoms with E-state index in [1.54, 1.807) is 24.5 Å². The summed E-state index contributed by atoms with van der Waals surface area (Å²) in [5.74, 6) is 0.506. The number of ether oxygens (including phenoxy) is 1. The molecule has 2 aromatic rings. The molecule has 0 aliphatic carbocycles. The molecule has 0 N–H and O–H groups in total. The molecule has 1 aliphatic heterocycles. The maximum absolute atomic E-state index is 12.6. The summed E-state index contributed by atoms with van der Waals surface area (Å²) in [6, 6.07) is 4.93. The standard InChI is InChI=1S/C14H16N4O3S/c1-11-4-6-16-14(17-11)13-10-18(7-8-21-13)22(19,20)12-3-2-5-15-9-12/h2-6,9,13H,7-8,10H2,1H3. The fraction of sp³-hybridized carbons (Fsp3) is 0.357. The molecular weight excluding hydrogens is 304 g/mol. The minimum Gasteiger partial charge on any atom is -0.367 e. The van der Waals surface area contributed by atoms with Crippen LogP contribution in [0.15, 0.2) is 41.7 Å². The van der Waals surface area contributed by atoms with E-state index in [1.165, 1.54) is 16.6 Å². The molecule has 1 fully saturated rings. The Labute approximate surface area is 129 Å². The van der Waals surface area contributed by atoms with Crippen LogP contribution in [0.3, 0.4) is 0 Å². The highest BCUT2D eigenvalue weighted by molar-refractivity contribution is 7.89. The number of nitrogens with zero attached hydrogens (tertiary/aromatic N) is 4. The van der Waals surface area contributed by atoms with Gasteiger partial charge in [0.25, 0.3) is 0 Å². The minimum absolute atomic E-state index is 0.181. The molecule has 1 unspecified atom stereocenters. The van der Waals surface area contributed by atoms with Gasteiger partial charge < -0.3 is 4.74 Å². The van der Waals surface area contributed by atoms with E-state index in [0.717, 1.165) is 5.69 Å². The second-order valence-corrected chi connectivity index (χ2v) is 6.91.